The summed E-state index contributed by atoms with van der Waals surface area (Å²) < 4.78 is 5.70. The van der Waals surface area contributed by atoms with Gasteiger partial charge >= 0.3 is 0 Å². The molecule has 118 valence electrons. The minimum absolute atomic E-state index is 0.691. The molecule has 0 amide bonds. The first-order chi connectivity index (χ1) is 10.2. The van der Waals surface area contributed by atoms with Crippen molar-refractivity contribution in [3.63, 3.8) is 0 Å². The van der Waals surface area contributed by atoms with Gasteiger partial charge in [-0.1, -0.05) is 39.3 Å². The van der Waals surface area contributed by atoms with Gasteiger partial charge in [-0.3, -0.25) is 0 Å². The molecule has 3 unspecified atom stereocenters. The topological polar surface area (TPSA) is 21.3 Å². The zero-order valence-electron chi connectivity index (χ0n) is 13.9. The van der Waals surface area contributed by atoms with Crippen LogP contribution in [0.5, 0.6) is 5.75 Å². The zero-order chi connectivity index (χ0) is 15.1. The summed E-state index contributed by atoms with van der Waals surface area (Å²) in [5.74, 6) is 2.74. The zero-order valence-corrected chi connectivity index (χ0v) is 13.9. The van der Waals surface area contributed by atoms with E-state index in [1.807, 2.05) is 0 Å². The Kier molecular flexibility index (Phi) is 6.56. The first kappa shape index (κ1) is 16.4. The van der Waals surface area contributed by atoms with Gasteiger partial charge in [0.2, 0.25) is 0 Å². The van der Waals surface area contributed by atoms with E-state index < -0.39 is 0 Å². The second-order valence-electron chi connectivity index (χ2n) is 6.69. The molecule has 0 radical (unpaired) electrons. The van der Waals surface area contributed by atoms with E-state index in [0.29, 0.717) is 6.04 Å². The fourth-order valence-electron chi connectivity index (χ4n) is 3.03. The summed E-state index contributed by atoms with van der Waals surface area (Å²) in [6, 6.07) is 9.25. The van der Waals surface area contributed by atoms with Gasteiger partial charge in [0.15, 0.2) is 0 Å². The number of rotatable bonds is 7. The molecular formula is C19H31NO. The molecule has 1 aliphatic rings. The maximum atomic E-state index is 5.70. The molecular weight excluding hydrogens is 258 g/mol. The Hall–Kier alpha value is -1.02. The Bertz CT molecular complexity index is 401. The molecule has 2 nitrogen and oxygen atoms in total. The molecule has 2 rings (SSSR count). The summed E-state index contributed by atoms with van der Waals surface area (Å²) in [5, 5.41) is 3.72. The van der Waals surface area contributed by atoms with Crippen molar-refractivity contribution in [2.75, 3.05) is 6.61 Å². The average molecular weight is 289 g/mol. The van der Waals surface area contributed by atoms with Crippen LogP contribution in [0.3, 0.4) is 0 Å². The van der Waals surface area contributed by atoms with Crippen molar-refractivity contribution in [2.24, 2.45) is 11.8 Å². The van der Waals surface area contributed by atoms with Crippen LogP contribution in [0, 0.1) is 11.8 Å². The van der Waals surface area contributed by atoms with Crippen molar-refractivity contribution in [1.82, 2.24) is 5.32 Å². The summed E-state index contributed by atoms with van der Waals surface area (Å²) in [6.07, 6.45) is 6.31. The second kappa shape index (κ2) is 8.43. The van der Waals surface area contributed by atoms with Gasteiger partial charge in [-0.05, 0) is 55.2 Å². The van der Waals surface area contributed by atoms with Gasteiger partial charge in [-0.2, -0.15) is 0 Å². The summed E-state index contributed by atoms with van der Waals surface area (Å²) in [6.45, 7) is 8.76. The van der Waals surface area contributed by atoms with Crippen LogP contribution < -0.4 is 10.1 Å². The third-order valence-corrected chi connectivity index (χ3v) is 4.88. The highest BCUT2D eigenvalue weighted by atomic mass is 16.5. The number of hydrogen-bond acceptors (Lipinski definition) is 2. The molecule has 1 aliphatic carbocycles. The van der Waals surface area contributed by atoms with Gasteiger partial charge in [-0.15, -0.1) is 0 Å². The first-order valence-electron chi connectivity index (χ1n) is 8.64. The molecule has 0 bridgehead atoms. The largest absolute Gasteiger partial charge is 0.494 e. The molecule has 1 N–H and O–H groups in total. The van der Waals surface area contributed by atoms with E-state index in [1.165, 1.54) is 31.2 Å². The second-order valence-corrected chi connectivity index (χ2v) is 6.69. The predicted molar refractivity (Wildman–Crippen MR) is 89.7 cm³/mol. The third-order valence-electron chi connectivity index (χ3n) is 4.88. The van der Waals surface area contributed by atoms with Crippen LogP contribution in [0.15, 0.2) is 24.3 Å². The van der Waals surface area contributed by atoms with E-state index in [9.17, 15) is 0 Å². The summed E-state index contributed by atoms with van der Waals surface area (Å²) in [5.41, 5.74) is 1.35. The van der Waals surface area contributed by atoms with Gasteiger partial charge in [0.05, 0.1) is 6.61 Å². The molecule has 1 saturated carbocycles. The molecule has 0 aromatic heterocycles. The van der Waals surface area contributed by atoms with Crippen LogP contribution in [0.4, 0.5) is 0 Å². The van der Waals surface area contributed by atoms with Gasteiger partial charge in [0.1, 0.15) is 5.75 Å². The van der Waals surface area contributed by atoms with Crippen molar-refractivity contribution in [1.29, 1.82) is 0 Å². The van der Waals surface area contributed by atoms with Gasteiger partial charge in [-0.25, -0.2) is 0 Å². The quantitative estimate of drug-likeness (QED) is 0.729. The van der Waals surface area contributed by atoms with Crippen LogP contribution >= 0.6 is 0 Å². The fraction of sp³-hybridized carbons (Fsp3) is 0.684. The van der Waals surface area contributed by atoms with Crippen molar-refractivity contribution in [2.45, 2.75) is 65.5 Å². The normalized spacial score (nSPS) is 25.8. The van der Waals surface area contributed by atoms with Crippen molar-refractivity contribution < 1.29 is 4.74 Å². The van der Waals surface area contributed by atoms with E-state index >= 15 is 0 Å². The third kappa shape index (κ3) is 5.35. The molecule has 2 heteroatoms. The lowest BCUT2D eigenvalue weighted by molar-refractivity contribution is 0.225. The lowest BCUT2D eigenvalue weighted by Crippen LogP contribution is -2.35. The minimum Gasteiger partial charge on any atom is -0.494 e. The number of ether oxygens (including phenoxy) is 1. The Morgan fingerprint density at radius 3 is 2.52 bits per heavy atom. The average Bonchev–Trinajstić information content (AvgIpc) is 2.50. The van der Waals surface area contributed by atoms with Crippen LogP contribution in [0.2, 0.25) is 0 Å². The highest BCUT2D eigenvalue weighted by Crippen LogP contribution is 2.29. The smallest absolute Gasteiger partial charge is 0.119 e. The van der Waals surface area contributed by atoms with Crippen LogP contribution in [0.25, 0.3) is 0 Å². The first-order valence-corrected chi connectivity index (χ1v) is 8.64. The van der Waals surface area contributed by atoms with E-state index in [0.717, 1.165) is 37.2 Å². The molecule has 0 saturated heterocycles. The van der Waals surface area contributed by atoms with Crippen LogP contribution in [0.1, 0.15) is 58.4 Å². The standard InChI is InChI=1S/C19H31NO/c1-4-5-12-21-19-10-7-17(8-11-19)14-20-18-9-6-15(2)16(3)13-18/h7-8,10-11,15-16,18,20H,4-6,9,12-14H2,1-3H3. The molecule has 1 aromatic carbocycles. The lowest BCUT2D eigenvalue weighted by Gasteiger charge is -2.32. The van der Waals surface area contributed by atoms with Crippen molar-refractivity contribution in [3.05, 3.63) is 29.8 Å². The van der Waals surface area contributed by atoms with E-state index in [4.69, 9.17) is 4.74 Å². The molecule has 1 fully saturated rings. The van der Waals surface area contributed by atoms with E-state index in [2.05, 4.69) is 50.4 Å². The number of benzene rings is 1. The summed E-state index contributed by atoms with van der Waals surface area (Å²) in [4.78, 5) is 0. The molecule has 21 heavy (non-hydrogen) atoms. The number of nitrogens with one attached hydrogen (secondary N) is 1. The predicted octanol–water partition coefficient (Wildman–Crippen LogP) is 4.78. The van der Waals surface area contributed by atoms with Crippen molar-refractivity contribution in [3.8, 4) is 5.75 Å². The Labute approximate surface area is 130 Å². The Morgan fingerprint density at radius 2 is 1.86 bits per heavy atom. The van der Waals surface area contributed by atoms with E-state index in [-0.39, 0.29) is 0 Å². The molecule has 3 atom stereocenters. The Balaban J connectivity index is 1.73. The van der Waals surface area contributed by atoms with Gasteiger partial charge in [0.25, 0.3) is 0 Å². The molecule has 0 spiro atoms. The molecule has 0 aliphatic heterocycles. The lowest BCUT2D eigenvalue weighted by atomic mass is 9.79. The van der Waals surface area contributed by atoms with Crippen LogP contribution in [-0.4, -0.2) is 12.6 Å². The minimum atomic E-state index is 0.691. The monoisotopic (exact) mass is 289 g/mol. The van der Waals surface area contributed by atoms with Crippen LogP contribution in [-0.2, 0) is 6.54 Å². The SMILES string of the molecule is CCCCOc1ccc(CNC2CCC(C)C(C)C2)cc1. The van der Waals surface area contributed by atoms with Gasteiger partial charge < -0.3 is 10.1 Å². The van der Waals surface area contributed by atoms with Crippen molar-refractivity contribution >= 4 is 0 Å². The summed E-state index contributed by atoms with van der Waals surface area (Å²) >= 11 is 0. The summed E-state index contributed by atoms with van der Waals surface area (Å²) in [7, 11) is 0. The number of unbranched alkanes of at least 4 members (excludes halogenated alkanes) is 1. The number of hydrogen-bond donors (Lipinski definition) is 1. The maximum Gasteiger partial charge on any atom is 0.119 e. The Morgan fingerprint density at radius 1 is 1.10 bits per heavy atom. The fourth-order valence-corrected chi connectivity index (χ4v) is 3.03. The molecule has 1 aromatic rings. The van der Waals surface area contributed by atoms with E-state index in [1.54, 1.807) is 0 Å². The van der Waals surface area contributed by atoms with Gasteiger partial charge in [0, 0.05) is 12.6 Å². The highest BCUT2D eigenvalue weighted by molar-refractivity contribution is 5.27. The highest BCUT2D eigenvalue weighted by Gasteiger charge is 2.23. The molecule has 0 heterocycles. The maximum absolute atomic E-state index is 5.70.